The van der Waals surface area contributed by atoms with Crippen LogP contribution < -0.4 is 5.32 Å². The average molecular weight is 531 g/mol. The lowest BCUT2D eigenvalue weighted by Crippen LogP contribution is -2.70. The first kappa shape index (κ1) is 23.4. The quantitative estimate of drug-likeness (QED) is 0.368. The predicted molar refractivity (Wildman–Crippen MR) is 125 cm³/mol. The number of carboxylic acids is 1. The van der Waals surface area contributed by atoms with Crippen molar-refractivity contribution >= 4 is 74.8 Å². The minimum Gasteiger partial charge on any atom is -0.477 e. The van der Waals surface area contributed by atoms with Gasteiger partial charge in [0.1, 0.15) is 27.9 Å². The van der Waals surface area contributed by atoms with Crippen LogP contribution in [0.2, 0.25) is 0 Å². The smallest absolute Gasteiger partial charge is 0.352 e. The number of rotatable bonds is 9. The number of hydrogen-bond donors (Lipinski definition) is 2. The maximum absolute atomic E-state index is 12.7. The Hall–Kier alpha value is -1.74. The molecule has 4 heterocycles. The van der Waals surface area contributed by atoms with E-state index in [-0.39, 0.29) is 11.4 Å². The van der Waals surface area contributed by atoms with E-state index in [0.717, 1.165) is 15.8 Å². The second kappa shape index (κ2) is 10.0. The highest BCUT2D eigenvalue weighted by Gasteiger charge is 2.54. The summed E-state index contributed by atoms with van der Waals surface area (Å²) >= 11 is 5.58. The minimum atomic E-state index is -1.48. The molecule has 0 radical (unpaired) electrons. The summed E-state index contributed by atoms with van der Waals surface area (Å²) in [5.41, 5.74) is 0.605. The Balaban J connectivity index is 1.40. The van der Waals surface area contributed by atoms with Gasteiger partial charge in [0.2, 0.25) is 5.91 Å². The Bertz CT molecular complexity index is 1100. The summed E-state index contributed by atoms with van der Waals surface area (Å²) in [5, 5.41) is 22.7. The zero-order valence-electron chi connectivity index (χ0n) is 16.7. The van der Waals surface area contributed by atoms with Crippen LogP contribution >= 0.6 is 46.2 Å². The van der Waals surface area contributed by atoms with Crippen LogP contribution in [0, 0.1) is 0 Å². The molecular formula is C18H18N4O5S5. The van der Waals surface area contributed by atoms with E-state index in [4.69, 9.17) is 0 Å². The van der Waals surface area contributed by atoms with Crippen molar-refractivity contribution in [2.24, 2.45) is 0 Å². The molecule has 3 atom stereocenters. The lowest BCUT2D eigenvalue weighted by molar-refractivity contribution is -0.150. The van der Waals surface area contributed by atoms with Crippen LogP contribution in [0.1, 0.15) is 11.9 Å². The molecule has 0 saturated carbocycles. The molecule has 170 valence electrons. The Kier molecular flexibility index (Phi) is 7.34. The summed E-state index contributed by atoms with van der Waals surface area (Å²) in [5.74, 6) is -1.57. The fourth-order valence-corrected chi connectivity index (χ4v) is 8.42. The summed E-state index contributed by atoms with van der Waals surface area (Å²) in [6, 6.07) is 2.62. The van der Waals surface area contributed by atoms with E-state index in [1.165, 1.54) is 51.1 Å². The molecule has 1 fully saturated rings. The Morgan fingerprint density at radius 1 is 1.41 bits per heavy atom. The molecule has 14 heteroatoms. The maximum Gasteiger partial charge on any atom is 0.352 e. The predicted octanol–water partition coefficient (Wildman–Crippen LogP) is 1.80. The highest BCUT2D eigenvalue weighted by atomic mass is 32.2. The van der Waals surface area contributed by atoms with Crippen LogP contribution in [0.25, 0.3) is 0 Å². The first-order valence-electron chi connectivity index (χ1n) is 9.45. The molecule has 2 aliphatic rings. The number of hydrogen-bond acceptors (Lipinski definition) is 10. The van der Waals surface area contributed by atoms with Gasteiger partial charge in [0.15, 0.2) is 4.34 Å². The van der Waals surface area contributed by atoms with Crippen molar-refractivity contribution in [3.8, 4) is 0 Å². The van der Waals surface area contributed by atoms with Crippen molar-refractivity contribution < 1.29 is 23.7 Å². The second-order valence-corrected chi connectivity index (χ2v) is 12.8. The number of aromatic nitrogens is 2. The Labute approximate surface area is 202 Å². The molecule has 4 rings (SSSR count). The largest absolute Gasteiger partial charge is 0.477 e. The van der Waals surface area contributed by atoms with Gasteiger partial charge in [0, 0.05) is 11.5 Å². The van der Waals surface area contributed by atoms with Crippen LogP contribution in [0.15, 0.2) is 37.3 Å². The van der Waals surface area contributed by atoms with Crippen LogP contribution in [0.4, 0.5) is 0 Å². The molecule has 9 nitrogen and oxygen atoms in total. The van der Waals surface area contributed by atoms with Gasteiger partial charge in [0.25, 0.3) is 5.91 Å². The Morgan fingerprint density at radius 3 is 2.88 bits per heavy atom. The van der Waals surface area contributed by atoms with E-state index in [2.05, 4.69) is 15.5 Å². The zero-order chi connectivity index (χ0) is 22.8. The molecule has 1 saturated heterocycles. The molecule has 0 bridgehead atoms. The van der Waals surface area contributed by atoms with Crippen molar-refractivity contribution in [3.63, 3.8) is 0 Å². The first-order chi connectivity index (χ1) is 15.4. The van der Waals surface area contributed by atoms with E-state index in [0.29, 0.717) is 21.3 Å². The lowest BCUT2D eigenvalue weighted by Gasteiger charge is -2.49. The van der Waals surface area contributed by atoms with Gasteiger partial charge in [-0.25, -0.2) is 4.79 Å². The molecule has 3 unspecified atom stereocenters. The number of thioether (sulfide) groups is 2. The summed E-state index contributed by atoms with van der Waals surface area (Å²) in [6.07, 6.45) is 0.787. The molecule has 2 aromatic heterocycles. The molecule has 0 spiro atoms. The monoisotopic (exact) mass is 530 g/mol. The van der Waals surface area contributed by atoms with Gasteiger partial charge in [-0.3, -0.25) is 18.7 Å². The molecule has 2 N–H and O–H groups in total. The fourth-order valence-electron chi connectivity index (χ4n) is 3.18. The van der Waals surface area contributed by atoms with Crippen molar-refractivity contribution in [1.82, 2.24) is 20.4 Å². The molecular weight excluding hydrogens is 513 g/mol. The average Bonchev–Trinajstić information content (AvgIpc) is 3.47. The molecule has 2 amide bonds. The number of aryl methyl sites for hydroxylation is 1. The molecule has 2 aromatic rings. The molecule has 0 aliphatic carbocycles. The topological polar surface area (TPSA) is 130 Å². The first-order valence-corrected chi connectivity index (χ1v) is 14.5. The van der Waals surface area contributed by atoms with Crippen molar-refractivity contribution in [2.75, 3.05) is 17.3 Å². The number of thiophene rings is 1. The van der Waals surface area contributed by atoms with Gasteiger partial charge in [-0.05, 0) is 23.4 Å². The van der Waals surface area contributed by atoms with Crippen molar-refractivity contribution in [1.29, 1.82) is 0 Å². The number of fused-ring (bicyclic) bond motifs is 1. The number of carbonyl (C=O) groups excluding carboxylic acids is 2. The number of amides is 2. The van der Waals surface area contributed by atoms with Crippen molar-refractivity contribution in [2.45, 2.75) is 33.3 Å². The van der Waals surface area contributed by atoms with Crippen LogP contribution in [-0.4, -0.2) is 70.9 Å². The fraction of sp³-hybridized carbons (Fsp3) is 0.389. The summed E-state index contributed by atoms with van der Waals surface area (Å²) < 4.78 is 13.6. The zero-order valence-corrected chi connectivity index (χ0v) is 20.8. The summed E-state index contributed by atoms with van der Waals surface area (Å²) in [4.78, 5) is 38.2. The van der Waals surface area contributed by atoms with Crippen LogP contribution in [0.5, 0.6) is 0 Å². The number of carboxylic acid groups (broad SMARTS) is 1. The van der Waals surface area contributed by atoms with E-state index >= 15 is 0 Å². The number of carbonyl (C=O) groups is 3. The normalized spacial score (nSPS) is 21.2. The molecule has 32 heavy (non-hydrogen) atoms. The lowest BCUT2D eigenvalue weighted by atomic mass is 10.0. The van der Waals surface area contributed by atoms with Crippen LogP contribution in [0.3, 0.4) is 0 Å². The third-order valence-electron chi connectivity index (χ3n) is 4.67. The van der Waals surface area contributed by atoms with E-state index < -0.39 is 40.0 Å². The number of nitrogens with one attached hydrogen (secondary N) is 1. The van der Waals surface area contributed by atoms with Gasteiger partial charge < -0.3 is 10.4 Å². The van der Waals surface area contributed by atoms with E-state index in [1.807, 2.05) is 6.92 Å². The number of β-lactam (4-membered cyclic amide) rings is 1. The third-order valence-corrected chi connectivity index (χ3v) is 10.9. The second-order valence-electron chi connectivity index (χ2n) is 6.74. The van der Waals surface area contributed by atoms with E-state index in [1.54, 1.807) is 17.5 Å². The van der Waals surface area contributed by atoms with Crippen molar-refractivity contribution in [3.05, 3.63) is 33.8 Å². The Morgan fingerprint density at radius 2 is 2.22 bits per heavy atom. The number of aliphatic carboxylic acids is 1. The third kappa shape index (κ3) is 4.78. The summed E-state index contributed by atoms with van der Waals surface area (Å²) in [6.45, 7) is 1.99. The van der Waals surface area contributed by atoms with Gasteiger partial charge in [-0.15, -0.1) is 33.3 Å². The molecule has 2 aliphatic heterocycles. The van der Waals surface area contributed by atoms with Crippen LogP contribution in [-0.2, 0) is 31.6 Å². The highest BCUT2D eigenvalue weighted by molar-refractivity contribution is 8.01. The van der Waals surface area contributed by atoms with Gasteiger partial charge in [0.05, 0.1) is 15.0 Å². The van der Waals surface area contributed by atoms with Gasteiger partial charge in [-0.1, -0.05) is 36.1 Å². The molecule has 0 aromatic carbocycles. The maximum atomic E-state index is 12.7. The standard InChI is InChI=1S/C18H18N4O5S5/c1-2-11-20-21-18(31-11)30-7-9-6-29-16-13(15(24)22(16)14(9)17(25)26)19-10(23)8-32(27)12-4-3-5-28-12/h3-5,13,16H,2,6-8H2,1H3,(H,19,23)(H,25,26). The van der Waals surface area contributed by atoms with Gasteiger partial charge >= 0.3 is 5.97 Å². The number of nitrogens with zero attached hydrogens (tertiary/aromatic N) is 3. The SMILES string of the molecule is CCc1nnc(SCC2=C(C(=O)O)N3C(=O)C(NC(=O)CS(=O)c4cccs4)C3SC2)s1. The van der Waals surface area contributed by atoms with Gasteiger partial charge in [-0.2, -0.15) is 0 Å². The minimum absolute atomic E-state index is 0.0286. The highest BCUT2D eigenvalue weighted by Crippen LogP contribution is 2.41. The summed E-state index contributed by atoms with van der Waals surface area (Å²) in [7, 11) is -1.48. The van der Waals surface area contributed by atoms with E-state index in [9.17, 15) is 23.7 Å².